The third-order valence-electron chi connectivity index (χ3n) is 2.05. The van der Waals surface area contributed by atoms with E-state index < -0.39 is 17.3 Å². The monoisotopic (exact) mass is 247 g/mol. The Bertz CT molecular complexity index is 280. The Balaban J connectivity index is 4.34. The molecule has 92 valence electrons. The van der Waals surface area contributed by atoms with E-state index >= 15 is 0 Å². The second kappa shape index (κ2) is 7.27. The highest BCUT2D eigenvalue weighted by atomic mass is 32.1. The number of nitrogens with one attached hydrogen (secondary N) is 1. The summed E-state index contributed by atoms with van der Waals surface area (Å²) in [5.74, 6) is -1.60. The summed E-state index contributed by atoms with van der Waals surface area (Å²) in [4.78, 5) is 33.0. The number of carbonyl (C=O) groups is 3. The van der Waals surface area contributed by atoms with Crippen molar-refractivity contribution in [2.75, 3.05) is 0 Å². The Morgan fingerprint density at radius 1 is 1.38 bits per heavy atom. The molecular weight excluding hydrogens is 230 g/mol. The van der Waals surface area contributed by atoms with Gasteiger partial charge >= 0.3 is 5.97 Å². The number of thiol groups is 1. The van der Waals surface area contributed by atoms with Gasteiger partial charge < -0.3 is 10.4 Å². The Hall–Kier alpha value is -1.04. The molecule has 0 radical (unpaired) electrons. The van der Waals surface area contributed by atoms with Gasteiger partial charge in [-0.1, -0.05) is 6.92 Å². The molecule has 0 heterocycles. The van der Waals surface area contributed by atoms with Crippen molar-refractivity contribution in [3.05, 3.63) is 0 Å². The molecule has 0 unspecified atom stereocenters. The quantitative estimate of drug-likeness (QED) is 0.576. The van der Waals surface area contributed by atoms with Crippen LogP contribution in [0, 0.1) is 0 Å². The topological polar surface area (TPSA) is 83.5 Å². The van der Waals surface area contributed by atoms with Crippen LogP contribution in [0.25, 0.3) is 0 Å². The minimum Gasteiger partial charge on any atom is -0.480 e. The molecule has 2 N–H and O–H groups in total. The predicted molar refractivity (Wildman–Crippen MR) is 62.5 cm³/mol. The summed E-state index contributed by atoms with van der Waals surface area (Å²) in [6.45, 7) is 3.17. The smallest absolute Gasteiger partial charge is 0.316 e. The molecule has 0 aromatic heterocycles. The Kier molecular flexibility index (Phi) is 6.80. The van der Waals surface area contributed by atoms with E-state index in [0.29, 0.717) is 12.8 Å². The molecule has 0 rings (SSSR count). The summed E-state index contributed by atoms with van der Waals surface area (Å²) in [5, 5.41) is 10.2. The fourth-order valence-corrected chi connectivity index (χ4v) is 1.35. The Labute approximate surface area is 100 Å². The molecule has 0 fully saturated rings. The number of carbonyl (C=O) groups excluding carboxylic acids is 2. The summed E-state index contributed by atoms with van der Waals surface area (Å²) in [6, 6.07) is -0.766. The zero-order valence-electron chi connectivity index (χ0n) is 9.40. The fourth-order valence-electron chi connectivity index (χ4n) is 1.14. The lowest BCUT2D eigenvalue weighted by molar-refractivity contribution is -0.137. The fraction of sp³-hybridized carbons (Fsp3) is 0.700. The van der Waals surface area contributed by atoms with Gasteiger partial charge in [0.1, 0.15) is 5.25 Å². The van der Waals surface area contributed by atoms with Crippen LogP contribution in [0.15, 0.2) is 0 Å². The van der Waals surface area contributed by atoms with E-state index in [9.17, 15) is 14.4 Å². The molecule has 2 atom stereocenters. The number of carboxylic acids is 1. The van der Waals surface area contributed by atoms with Gasteiger partial charge in [-0.15, -0.1) is 0 Å². The number of hydrogen-bond donors (Lipinski definition) is 3. The van der Waals surface area contributed by atoms with Crippen molar-refractivity contribution in [2.45, 2.75) is 44.4 Å². The van der Waals surface area contributed by atoms with Crippen LogP contribution >= 0.6 is 12.6 Å². The summed E-state index contributed by atoms with van der Waals surface area (Å²) < 4.78 is 0. The van der Waals surface area contributed by atoms with Gasteiger partial charge in [-0.2, -0.15) is 12.6 Å². The van der Waals surface area contributed by atoms with E-state index in [2.05, 4.69) is 17.9 Å². The molecule has 0 aliphatic rings. The largest absolute Gasteiger partial charge is 0.480 e. The van der Waals surface area contributed by atoms with Crippen molar-refractivity contribution < 1.29 is 19.5 Å². The van der Waals surface area contributed by atoms with Gasteiger partial charge in [-0.3, -0.25) is 14.4 Å². The molecule has 16 heavy (non-hydrogen) atoms. The van der Waals surface area contributed by atoms with Crippen LogP contribution in [0.1, 0.15) is 33.1 Å². The number of hydrogen-bond acceptors (Lipinski definition) is 4. The van der Waals surface area contributed by atoms with Gasteiger partial charge in [-0.05, 0) is 19.8 Å². The molecule has 1 amide bonds. The standard InChI is InChI=1S/C10H17NO4S/c1-3-4-9(13)11-7(6(2)12)5-8(16)10(14)15/h7-8,16H,3-5H2,1-2H3,(H,11,13)(H,14,15)/t7-,8-/m0/s1. The SMILES string of the molecule is CCCC(=O)N[C@@H](C[C@H](S)C(=O)O)C(C)=O. The third kappa shape index (κ3) is 5.75. The molecule has 0 aliphatic carbocycles. The Morgan fingerprint density at radius 2 is 1.94 bits per heavy atom. The third-order valence-corrected chi connectivity index (χ3v) is 2.48. The van der Waals surface area contributed by atoms with Crippen molar-refractivity contribution in [3.63, 3.8) is 0 Å². The normalized spacial score (nSPS) is 13.9. The average Bonchev–Trinajstić information content (AvgIpc) is 2.16. The first-order valence-corrected chi connectivity index (χ1v) is 5.60. The molecule has 5 nitrogen and oxygen atoms in total. The molecule has 0 aliphatic heterocycles. The van der Waals surface area contributed by atoms with Gasteiger partial charge in [0.2, 0.25) is 5.91 Å². The lowest BCUT2D eigenvalue weighted by Gasteiger charge is -2.17. The number of Topliss-reactive ketones (excluding diaryl/α,β-unsaturated/α-hetero) is 1. The minimum atomic E-state index is -1.10. The molecule has 6 heteroatoms. The number of rotatable bonds is 7. The van der Waals surface area contributed by atoms with Crippen LogP contribution in [-0.4, -0.2) is 34.1 Å². The average molecular weight is 247 g/mol. The predicted octanol–water partition coefficient (Wildman–Crippen LogP) is 0.633. The molecule has 0 aromatic carbocycles. The molecule has 0 saturated carbocycles. The van der Waals surface area contributed by atoms with Gasteiger partial charge in [0.05, 0.1) is 6.04 Å². The van der Waals surface area contributed by atoms with Crippen molar-refractivity contribution in [2.24, 2.45) is 0 Å². The van der Waals surface area contributed by atoms with Crippen LogP contribution in [-0.2, 0) is 14.4 Å². The maximum Gasteiger partial charge on any atom is 0.316 e. The second-order valence-corrected chi connectivity index (χ2v) is 4.19. The number of carboxylic acid groups (broad SMARTS) is 1. The molecule has 0 bridgehead atoms. The highest BCUT2D eigenvalue weighted by Gasteiger charge is 2.23. The maximum atomic E-state index is 11.3. The number of amides is 1. The molecule has 0 saturated heterocycles. The first kappa shape index (κ1) is 15.0. The Morgan fingerprint density at radius 3 is 2.31 bits per heavy atom. The van der Waals surface area contributed by atoms with Crippen LogP contribution in [0.2, 0.25) is 0 Å². The molecule has 0 spiro atoms. The highest BCUT2D eigenvalue weighted by molar-refractivity contribution is 7.81. The van der Waals surface area contributed by atoms with E-state index in [1.54, 1.807) is 0 Å². The van der Waals surface area contributed by atoms with Gasteiger partial charge in [0, 0.05) is 6.42 Å². The van der Waals surface area contributed by atoms with E-state index in [1.165, 1.54) is 6.92 Å². The van der Waals surface area contributed by atoms with Gasteiger partial charge in [0.25, 0.3) is 0 Å². The van der Waals surface area contributed by atoms with E-state index in [1.807, 2.05) is 6.92 Å². The van der Waals surface area contributed by atoms with E-state index in [-0.39, 0.29) is 18.1 Å². The second-order valence-electron chi connectivity index (χ2n) is 3.57. The number of ketones is 1. The van der Waals surface area contributed by atoms with Crippen molar-refractivity contribution in [1.82, 2.24) is 5.32 Å². The van der Waals surface area contributed by atoms with Crippen molar-refractivity contribution in [1.29, 1.82) is 0 Å². The number of aliphatic carboxylic acids is 1. The summed E-state index contributed by atoms with van der Waals surface area (Å²) >= 11 is 3.83. The van der Waals surface area contributed by atoms with Crippen LogP contribution in [0.5, 0.6) is 0 Å². The van der Waals surface area contributed by atoms with Gasteiger partial charge in [-0.25, -0.2) is 0 Å². The summed E-state index contributed by atoms with van der Waals surface area (Å²) in [5.41, 5.74) is 0. The lowest BCUT2D eigenvalue weighted by Crippen LogP contribution is -2.42. The van der Waals surface area contributed by atoms with Gasteiger partial charge in [0.15, 0.2) is 5.78 Å². The zero-order valence-corrected chi connectivity index (χ0v) is 10.3. The first-order valence-electron chi connectivity index (χ1n) is 5.09. The summed E-state index contributed by atoms with van der Waals surface area (Å²) in [7, 11) is 0. The van der Waals surface area contributed by atoms with Crippen LogP contribution in [0.3, 0.4) is 0 Å². The maximum absolute atomic E-state index is 11.3. The van der Waals surface area contributed by atoms with Crippen molar-refractivity contribution >= 4 is 30.3 Å². The lowest BCUT2D eigenvalue weighted by atomic mass is 10.1. The van der Waals surface area contributed by atoms with E-state index in [0.717, 1.165) is 0 Å². The molecule has 0 aromatic rings. The highest BCUT2D eigenvalue weighted by Crippen LogP contribution is 2.07. The van der Waals surface area contributed by atoms with Crippen molar-refractivity contribution in [3.8, 4) is 0 Å². The molecular formula is C10H17NO4S. The zero-order chi connectivity index (χ0) is 12.7. The van der Waals surface area contributed by atoms with Crippen LogP contribution < -0.4 is 5.32 Å². The first-order chi connectivity index (χ1) is 7.38. The van der Waals surface area contributed by atoms with E-state index in [4.69, 9.17) is 5.11 Å². The summed E-state index contributed by atoms with van der Waals surface area (Å²) in [6.07, 6.45) is 1.01. The minimum absolute atomic E-state index is 0.00321. The van der Waals surface area contributed by atoms with Crippen LogP contribution in [0.4, 0.5) is 0 Å².